The quantitative estimate of drug-likeness (QED) is 0.439. The number of nitrogens with one attached hydrogen (secondary N) is 1. The number of para-hydroxylation sites is 1. The van der Waals surface area contributed by atoms with Crippen LogP contribution in [0.25, 0.3) is 10.9 Å². The number of fused-ring (bicyclic) bond motifs is 1. The summed E-state index contributed by atoms with van der Waals surface area (Å²) in [6.45, 7) is -0.404. The van der Waals surface area contributed by atoms with Gasteiger partial charge in [0.05, 0.1) is 29.4 Å². The summed E-state index contributed by atoms with van der Waals surface area (Å²) >= 11 is 0. The van der Waals surface area contributed by atoms with E-state index in [4.69, 9.17) is 10.5 Å². The van der Waals surface area contributed by atoms with Crippen LogP contribution in [-0.4, -0.2) is 11.1 Å². The number of alkyl halides is 6. The average Bonchev–Trinajstić information content (AvgIpc) is 3.17. The molecular formula is C23H22F6N2O. The van der Waals surface area contributed by atoms with Crippen LogP contribution in [0.5, 0.6) is 0 Å². The van der Waals surface area contributed by atoms with E-state index < -0.39 is 41.7 Å². The lowest BCUT2D eigenvalue weighted by molar-refractivity contribution is -0.143. The Labute approximate surface area is 180 Å². The van der Waals surface area contributed by atoms with E-state index in [1.165, 1.54) is 0 Å². The molecule has 1 aromatic heterocycles. The van der Waals surface area contributed by atoms with E-state index in [1.54, 1.807) is 6.20 Å². The Kier molecular flexibility index (Phi) is 5.75. The molecule has 0 aliphatic heterocycles. The Morgan fingerprint density at radius 1 is 0.969 bits per heavy atom. The molecule has 9 heteroatoms. The third kappa shape index (κ3) is 4.36. The van der Waals surface area contributed by atoms with Crippen molar-refractivity contribution < 1.29 is 31.1 Å². The van der Waals surface area contributed by atoms with Gasteiger partial charge in [0, 0.05) is 17.1 Å². The number of nitrogens with two attached hydrogens (primary N) is 1. The van der Waals surface area contributed by atoms with Gasteiger partial charge in [-0.3, -0.25) is 0 Å². The average molecular weight is 456 g/mol. The molecule has 2 aromatic carbocycles. The molecule has 4 rings (SSSR count). The summed E-state index contributed by atoms with van der Waals surface area (Å²) in [5.74, 6) is 0. The molecule has 32 heavy (non-hydrogen) atoms. The second kappa shape index (κ2) is 8.12. The lowest BCUT2D eigenvalue weighted by atomic mass is 9.75. The van der Waals surface area contributed by atoms with Gasteiger partial charge in [-0.1, -0.05) is 31.0 Å². The Hall–Kier alpha value is -2.52. The maximum Gasteiger partial charge on any atom is 0.416 e. The fourth-order valence-electron chi connectivity index (χ4n) is 4.46. The van der Waals surface area contributed by atoms with Gasteiger partial charge in [-0.05, 0) is 48.2 Å². The highest BCUT2D eigenvalue weighted by Gasteiger charge is 2.42. The van der Waals surface area contributed by atoms with Crippen molar-refractivity contribution in [3.05, 3.63) is 70.9 Å². The molecule has 2 atom stereocenters. The molecule has 3 aromatic rings. The summed E-state index contributed by atoms with van der Waals surface area (Å²) in [5.41, 5.74) is 4.70. The summed E-state index contributed by atoms with van der Waals surface area (Å²) < 4.78 is 84.9. The van der Waals surface area contributed by atoms with Gasteiger partial charge >= 0.3 is 12.4 Å². The van der Waals surface area contributed by atoms with Crippen molar-refractivity contribution in [3.8, 4) is 0 Å². The Morgan fingerprint density at radius 3 is 2.28 bits per heavy atom. The molecular weight excluding hydrogens is 434 g/mol. The SMILES string of the molecule is NC1(c2c[nH]c3ccccc23)CCCCC1OCc1cc(C(F)(F)F)cc(C(F)(F)F)c1. The van der Waals surface area contributed by atoms with Crippen molar-refractivity contribution in [2.45, 2.75) is 56.3 Å². The van der Waals surface area contributed by atoms with Gasteiger partial charge in [-0.25, -0.2) is 0 Å². The summed E-state index contributed by atoms with van der Waals surface area (Å²) in [6, 6.07) is 9.09. The predicted octanol–water partition coefficient (Wildman–Crippen LogP) is 6.52. The summed E-state index contributed by atoms with van der Waals surface area (Å²) in [6.07, 6.45) is -5.75. The van der Waals surface area contributed by atoms with Crippen molar-refractivity contribution in [1.82, 2.24) is 4.98 Å². The first-order valence-corrected chi connectivity index (χ1v) is 10.2. The van der Waals surface area contributed by atoms with Gasteiger partial charge in [0.1, 0.15) is 0 Å². The highest BCUT2D eigenvalue weighted by atomic mass is 19.4. The van der Waals surface area contributed by atoms with E-state index in [0.29, 0.717) is 25.0 Å². The normalized spacial score (nSPS) is 22.4. The third-order valence-electron chi connectivity index (χ3n) is 6.07. The van der Waals surface area contributed by atoms with Gasteiger partial charge < -0.3 is 15.5 Å². The lowest BCUT2D eigenvalue weighted by Gasteiger charge is -2.41. The predicted molar refractivity (Wildman–Crippen MR) is 108 cm³/mol. The summed E-state index contributed by atoms with van der Waals surface area (Å²) in [4.78, 5) is 3.17. The highest BCUT2D eigenvalue weighted by Crippen LogP contribution is 2.41. The first kappa shape index (κ1) is 22.7. The highest BCUT2D eigenvalue weighted by molar-refractivity contribution is 5.84. The zero-order valence-electron chi connectivity index (χ0n) is 17.0. The standard InChI is InChI=1S/C23H22F6N2O/c24-22(25,26)15-9-14(10-16(11-15)23(27,28)29)13-32-20-7-3-4-8-21(20,30)18-12-31-19-6-2-1-5-17(18)19/h1-2,5-6,9-12,20,31H,3-4,7-8,13,30H2. The van der Waals surface area contributed by atoms with Crippen molar-refractivity contribution >= 4 is 10.9 Å². The molecule has 0 saturated heterocycles. The van der Waals surface area contributed by atoms with Crippen LogP contribution in [0.2, 0.25) is 0 Å². The molecule has 0 radical (unpaired) electrons. The number of H-pyrrole nitrogens is 1. The van der Waals surface area contributed by atoms with Crippen LogP contribution in [0.3, 0.4) is 0 Å². The Balaban J connectivity index is 1.63. The minimum absolute atomic E-state index is 0.114. The maximum absolute atomic E-state index is 13.2. The zero-order valence-corrected chi connectivity index (χ0v) is 17.0. The molecule has 1 heterocycles. The second-order valence-electron chi connectivity index (χ2n) is 8.25. The molecule has 1 aliphatic rings. The van der Waals surface area contributed by atoms with Crippen LogP contribution >= 0.6 is 0 Å². The van der Waals surface area contributed by atoms with E-state index >= 15 is 0 Å². The first-order valence-electron chi connectivity index (χ1n) is 10.2. The fourth-order valence-corrected chi connectivity index (χ4v) is 4.46. The van der Waals surface area contributed by atoms with Gasteiger partial charge in [0.15, 0.2) is 0 Å². The molecule has 1 aliphatic carbocycles. The van der Waals surface area contributed by atoms with E-state index in [9.17, 15) is 26.3 Å². The maximum atomic E-state index is 13.2. The Bertz CT molecular complexity index is 1070. The van der Waals surface area contributed by atoms with Crippen LogP contribution in [0.1, 0.15) is 47.9 Å². The smallest absolute Gasteiger partial charge is 0.371 e. The number of rotatable bonds is 4. The van der Waals surface area contributed by atoms with E-state index in [2.05, 4.69) is 4.98 Å². The van der Waals surface area contributed by atoms with Crippen molar-refractivity contribution in [1.29, 1.82) is 0 Å². The van der Waals surface area contributed by atoms with Crippen molar-refractivity contribution in [2.24, 2.45) is 5.73 Å². The lowest BCUT2D eigenvalue weighted by Crippen LogP contribution is -2.51. The number of halogens is 6. The van der Waals surface area contributed by atoms with Crippen LogP contribution in [-0.2, 0) is 29.2 Å². The number of ether oxygens (including phenoxy) is 1. The number of hydrogen-bond acceptors (Lipinski definition) is 2. The van der Waals surface area contributed by atoms with Crippen LogP contribution in [0.15, 0.2) is 48.7 Å². The van der Waals surface area contributed by atoms with Crippen LogP contribution < -0.4 is 5.73 Å². The topological polar surface area (TPSA) is 51.0 Å². The largest absolute Gasteiger partial charge is 0.416 e. The van der Waals surface area contributed by atoms with Crippen LogP contribution in [0.4, 0.5) is 26.3 Å². The summed E-state index contributed by atoms with van der Waals surface area (Å²) in [7, 11) is 0. The minimum atomic E-state index is -4.90. The molecule has 0 bridgehead atoms. The number of hydrogen-bond donors (Lipinski definition) is 2. The molecule has 1 saturated carbocycles. The molecule has 0 amide bonds. The molecule has 1 fully saturated rings. The van der Waals surface area contributed by atoms with E-state index in [0.717, 1.165) is 29.3 Å². The van der Waals surface area contributed by atoms with Gasteiger partial charge in [0.2, 0.25) is 0 Å². The van der Waals surface area contributed by atoms with Crippen molar-refractivity contribution in [2.75, 3.05) is 0 Å². The third-order valence-corrected chi connectivity index (χ3v) is 6.07. The zero-order chi connectivity index (χ0) is 23.1. The number of aromatic amines is 1. The number of benzene rings is 2. The van der Waals surface area contributed by atoms with Gasteiger partial charge in [0.25, 0.3) is 0 Å². The van der Waals surface area contributed by atoms with Crippen LogP contribution in [0, 0.1) is 0 Å². The van der Waals surface area contributed by atoms with Gasteiger partial charge in [-0.15, -0.1) is 0 Å². The Morgan fingerprint density at radius 2 is 1.62 bits per heavy atom. The van der Waals surface area contributed by atoms with Gasteiger partial charge in [-0.2, -0.15) is 26.3 Å². The fraction of sp³-hybridized carbons (Fsp3) is 0.391. The number of aromatic nitrogens is 1. The van der Waals surface area contributed by atoms with Crippen molar-refractivity contribution in [3.63, 3.8) is 0 Å². The first-order chi connectivity index (χ1) is 15.0. The minimum Gasteiger partial charge on any atom is -0.371 e. The molecule has 172 valence electrons. The summed E-state index contributed by atoms with van der Waals surface area (Å²) in [5, 5.41) is 0.920. The van der Waals surface area contributed by atoms with E-state index in [1.807, 2.05) is 24.3 Å². The molecule has 0 spiro atoms. The van der Waals surface area contributed by atoms with E-state index in [-0.39, 0.29) is 11.6 Å². The molecule has 2 unspecified atom stereocenters. The monoisotopic (exact) mass is 456 g/mol. The molecule has 3 nitrogen and oxygen atoms in total. The molecule has 3 N–H and O–H groups in total. The second-order valence-corrected chi connectivity index (χ2v) is 8.25.